The second-order valence-electron chi connectivity index (χ2n) is 5.51. The maximum absolute atomic E-state index is 12.9. The Morgan fingerprint density at radius 2 is 2.16 bits per heavy atom. The number of amides is 1. The summed E-state index contributed by atoms with van der Waals surface area (Å²) in [6.45, 7) is 3.99. The molecule has 25 heavy (non-hydrogen) atoms. The molecule has 0 aliphatic carbocycles. The molecule has 4 rings (SSSR count). The second kappa shape index (κ2) is 6.11. The number of fused-ring (bicyclic) bond motifs is 1. The molecule has 0 fully saturated rings. The lowest BCUT2D eigenvalue weighted by molar-refractivity contribution is -0.119. The molecule has 0 aromatic carbocycles. The van der Waals surface area contributed by atoms with E-state index in [4.69, 9.17) is 0 Å². The van der Waals surface area contributed by atoms with Gasteiger partial charge in [0, 0.05) is 24.3 Å². The van der Waals surface area contributed by atoms with Gasteiger partial charge in [-0.15, -0.1) is 0 Å². The molecule has 124 valence electrons. The molecule has 9 heteroatoms. The van der Waals surface area contributed by atoms with Gasteiger partial charge in [0.15, 0.2) is 0 Å². The zero-order valence-electron chi connectivity index (χ0n) is 13.1. The summed E-state index contributed by atoms with van der Waals surface area (Å²) in [6.07, 6.45) is 4.97. The Hall–Kier alpha value is -3.62. The molecular weight excluding hydrogens is 320 g/mol. The van der Waals surface area contributed by atoms with Crippen molar-refractivity contribution in [2.75, 3.05) is 10.6 Å². The molecule has 2 atom stereocenters. The van der Waals surface area contributed by atoms with Gasteiger partial charge in [-0.1, -0.05) is 23.8 Å². The van der Waals surface area contributed by atoms with Crippen molar-refractivity contribution < 1.29 is 4.79 Å². The van der Waals surface area contributed by atoms with Crippen LogP contribution < -0.4 is 10.6 Å². The second-order valence-corrected chi connectivity index (χ2v) is 5.51. The average molecular weight is 334 g/mol. The van der Waals surface area contributed by atoms with E-state index in [1.165, 1.54) is 0 Å². The highest BCUT2D eigenvalue weighted by atomic mass is 16.2. The van der Waals surface area contributed by atoms with E-state index >= 15 is 0 Å². The number of rotatable bonds is 3. The van der Waals surface area contributed by atoms with E-state index in [1.54, 1.807) is 47.5 Å². The van der Waals surface area contributed by atoms with Crippen LogP contribution >= 0.6 is 0 Å². The number of hydrogen-bond donors (Lipinski definition) is 2. The first-order valence-corrected chi connectivity index (χ1v) is 7.59. The lowest BCUT2D eigenvalue weighted by Crippen LogP contribution is -2.39. The summed E-state index contributed by atoms with van der Waals surface area (Å²) < 4.78 is 1.56. The predicted molar refractivity (Wildman–Crippen MR) is 89.3 cm³/mol. The fourth-order valence-corrected chi connectivity index (χ4v) is 2.84. The Morgan fingerprint density at radius 1 is 1.24 bits per heavy atom. The molecule has 0 saturated carbocycles. The van der Waals surface area contributed by atoms with Crippen LogP contribution in [-0.2, 0) is 4.79 Å². The summed E-state index contributed by atoms with van der Waals surface area (Å²) in [5.74, 6) is 0.00176. The summed E-state index contributed by atoms with van der Waals surface area (Å²) in [7, 11) is 0. The van der Waals surface area contributed by atoms with E-state index < -0.39 is 12.0 Å². The molecule has 2 unspecified atom stereocenters. The number of carbonyl (C=O) groups excluding carboxylic acids is 1. The van der Waals surface area contributed by atoms with Gasteiger partial charge in [-0.3, -0.25) is 9.78 Å². The van der Waals surface area contributed by atoms with Crippen molar-refractivity contribution in [3.63, 3.8) is 0 Å². The molecule has 3 aromatic heterocycles. The van der Waals surface area contributed by atoms with E-state index in [2.05, 4.69) is 42.7 Å². The molecule has 1 amide bonds. The summed E-state index contributed by atoms with van der Waals surface area (Å²) in [4.78, 5) is 21.2. The van der Waals surface area contributed by atoms with Crippen LogP contribution in [-0.4, -0.2) is 36.1 Å². The lowest BCUT2D eigenvalue weighted by Gasteiger charge is -2.32. The summed E-state index contributed by atoms with van der Waals surface area (Å²) in [6, 6.07) is 8.52. The van der Waals surface area contributed by atoms with Crippen LogP contribution in [0.4, 0.5) is 11.8 Å². The van der Waals surface area contributed by atoms with Crippen molar-refractivity contribution in [2.24, 2.45) is 5.92 Å². The van der Waals surface area contributed by atoms with Gasteiger partial charge in [-0.2, -0.15) is 0 Å². The normalized spacial score (nSPS) is 19.0. The highest BCUT2D eigenvalue weighted by Gasteiger charge is 2.40. The van der Waals surface area contributed by atoms with Crippen molar-refractivity contribution in [2.45, 2.75) is 6.04 Å². The van der Waals surface area contributed by atoms with E-state index in [9.17, 15) is 4.79 Å². The number of carbonyl (C=O) groups is 1. The fraction of sp³-hybridized carbons (Fsp3) is 0.125. The number of tetrazole rings is 1. The standard InChI is InChI=1S/C16H14N8O/c1-10-13(15(25)20-12-6-2-3-8-18-12)14(11-5-4-7-17-9-11)24-16(19-10)21-22-23-24/h2-9,13-14H,1H2,(H,18,20,25)(H,19,21,23). The maximum Gasteiger partial charge on any atom is 0.247 e. The minimum Gasteiger partial charge on any atom is -0.326 e. The maximum atomic E-state index is 12.9. The zero-order valence-corrected chi connectivity index (χ0v) is 13.1. The highest BCUT2D eigenvalue weighted by molar-refractivity contribution is 5.95. The van der Waals surface area contributed by atoms with Crippen LogP contribution in [0, 0.1) is 5.92 Å². The molecule has 9 nitrogen and oxygen atoms in total. The number of pyridine rings is 2. The quantitative estimate of drug-likeness (QED) is 0.741. The Kier molecular flexibility index (Phi) is 3.65. The first kappa shape index (κ1) is 14.9. The average Bonchev–Trinajstić information content (AvgIpc) is 3.10. The molecule has 3 aromatic rings. The van der Waals surface area contributed by atoms with Crippen molar-refractivity contribution in [1.29, 1.82) is 0 Å². The third-order valence-electron chi connectivity index (χ3n) is 3.94. The first-order chi connectivity index (χ1) is 12.2. The van der Waals surface area contributed by atoms with Crippen molar-refractivity contribution in [3.8, 4) is 0 Å². The monoisotopic (exact) mass is 334 g/mol. The number of nitrogens with zero attached hydrogens (tertiary/aromatic N) is 6. The van der Waals surface area contributed by atoms with E-state index in [-0.39, 0.29) is 5.91 Å². The molecule has 2 N–H and O–H groups in total. The van der Waals surface area contributed by atoms with Crippen molar-refractivity contribution in [1.82, 2.24) is 30.2 Å². The third-order valence-corrected chi connectivity index (χ3v) is 3.94. The van der Waals surface area contributed by atoms with Gasteiger partial charge < -0.3 is 10.6 Å². The van der Waals surface area contributed by atoms with Crippen LogP contribution in [0.5, 0.6) is 0 Å². The van der Waals surface area contributed by atoms with Crippen LogP contribution in [0.3, 0.4) is 0 Å². The molecule has 4 heterocycles. The summed E-state index contributed by atoms with van der Waals surface area (Å²) >= 11 is 0. The van der Waals surface area contributed by atoms with E-state index in [0.717, 1.165) is 5.56 Å². The molecule has 1 aliphatic rings. The van der Waals surface area contributed by atoms with Gasteiger partial charge in [-0.05, 0) is 34.2 Å². The largest absolute Gasteiger partial charge is 0.326 e. The van der Waals surface area contributed by atoms with Crippen molar-refractivity contribution in [3.05, 3.63) is 66.8 Å². The minimum atomic E-state index is -0.637. The van der Waals surface area contributed by atoms with Gasteiger partial charge in [0.05, 0.1) is 0 Å². The topological polar surface area (TPSA) is 111 Å². The lowest BCUT2D eigenvalue weighted by atomic mass is 9.89. The van der Waals surface area contributed by atoms with Gasteiger partial charge in [0.2, 0.25) is 11.9 Å². The van der Waals surface area contributed by atoms with Crippen LogP contribution in [0.15, 0.2) is 61.2 Å². The first-order valence-electron chi connectivity index (χ1n) is 7.59. The van der Waals surface area contributed by atoms with Gasteiger partial charge in [0.1, 0.15) is 17.8 Å². The van der Waals surface area contributed by atoms with Crippen molar-refractivity contribution >= 4 is 17.7 Å². The minimum absolute atomic E-state index is 0.258. The zero-order chi connectivity index (χ0) is 17.2. The number of hydrogen-bond acceptors (Lipinski definition) is 7. The Labute approximate surface area is 142 Å². The van der Waals surface area contributed by atoms with E-state index in [0.29, 0.717) is 17.5 Å². The SMILES string of the molecule is C=C1Nc2nnnn2C(c2cccnc2)C1C(=O)Nc1ccccn1. The molecule has 0 bridgehead atoms. The smallest absolute Gasteiger partial charge is 0.247 e. The summed E-state index contributed by atoms with van der Waals surface area (Å²) in [5, 5.41) is 17.4. The Balaban J connectivity index is 1.74. The van der Waals surface area contributed by atoms with Gasteiger partial charge in [-0.25, -0.2) is 9.67 Å². The number of aromatic nitrogens is 6. The fourth-order valence-electron chi connectivity index (χ4n) is 2.84. The Morgan fingerprint density at radius 3 is 2.92 bits per heavy atom. The molecule has 1 aliphatic heterocycles. The molecule has 0 radical (unpaired) electrons. The van der Waals surface area contributed by atoms with Crippen LogP contribution in [0.25, 0.3) is 0 Å². The highest BCUT2D eigenvalue weighted by Crippen LogP contribution is 2.36. The molecular formula is C16H14N8O. The van der Waals surface area contributed by atoms with Crippen LogP contribution in [0.2, 0.25) is 0 Å². The van der Waals surface area contributed by atoms with E-state index in [1.807, 2.05) is 6.07 Å². The summed E-state index contributed by atoms with van der Waals surface area (Å²) in [5.41, 5.74) is 1.31. The molecule has 0 spiro atoms. The number of anilines is 2. The van der Waals surface area contributed by atoms with Gasteiger partial charge in [0.25, 0.3) is 0 Å². The molecule has 0 saturated heterocycles. The predicted octanol–water partition coefficient (Wildman–Crippen LogP) is 1.25. The Bertz CT molecular complexity index is 908. The van der Waals surface area contributed by atoms with Crippen LogP contribution in [0.1, 0.15) is 11.6 Å². The third kappa shape index (κ3) is 2.71. The van der Waals surface area contributed by atoms with Gasteiger partial charge >= 0.3 is 0 Å². The number of nitrogens with one attached hydrogen (secondary N) is 2.